The number of aliphatic hydroxyl groups excluding tert-OH is 1. The van der Waals surface area contributed by atoms with Crippen LogP contribution in [0.15, 0.2) is 0 Å². The highest BCUT2D eigenvalue weighted by atomic mass is 31.2. The first-order valence-corrected chi connectivity index (χ1v) is 39.0. The van der Waals surface area contributed by atoms with Crippen LogP contribution in [-0.2, 0) is 65.4 Å². The number of phosphoric ester groups is 2. The zero-order valence-electron chi connectivity index (χ0n) is 57.0. The van der Waals surface area contributed by atoms with Gasteiger partial charge in [0.25, 0.3) is 0 Å². The molecule has 0 aliphatic rings. The van der Waals surface area contributed by atoms with E-state index in [1.165, 1.54) is 161 Å². The number of unbranched alkanes of at least 4 members (excludes halogenated alkanes) is 38. The first-order chi connectivity index (χ1) is 42.4. The van der Waals surface area contributed by atoms with Crippen LogP contribution in [0.2, 0.25) is 0 Å². The Morgan fingerprint density at radius 2 is 0.523 bits per heavy atom. The molecule has 0 spiro atoms. The average Bonchev–Trinajstić information content (AvgIpc) is 3.70. The fourth-order valence-electron chi connectivity index (χ4n) is 10.4. The second kappa shape index (κ2) is 61.3. The minimum atomic E-state index is -4.95. The van der Waals surface area contributed by atoms with Gasteiger partial charge in [-0.2, -0.15) is 0 Å². The van der Waals surface area contributed by atoms with Crippen molar-refractivity contribution < 1.29 is 80.2 Å². The standard InChI is InChI=1S/C69H134O17P2/c1-7-9-11-13-14-15-16-17-18-19-20-24-27-30-33-40-46-52-67(72)80-58-65(85-68(73)53-47-41-34-31-28-25-22-21-23-26-29-32-38-43-49-61(3)4)60-84-88(77,78)82-56-63(70)55-81-87(75,76)83-59-64(57-79-66(71)51-45-37-12-10-8-2)86-69(74)54-48-42-36-35-39-44-50-62(5)6/h61-65,70H,7-60H2,1-6H3,(H,75,76)(H,77,78)/t63-,64+,65+/m0/s1. The predicted molar refractivity (Wildman–Crippen MR) is 354 cm³/mol. The molecule has 0 rings (SSSR count). The molecule has 0 heterocycles. The molecule has 0 radical (unpaired) electrons. The number of rotatable bonds is 68. The Balaban J connectivity index is 5.14. The molecule has 3 N–H and O–H groups in total. The van der Waals surface area contributed by atoms with E-state index < -0.39 is 97.5 Å². The number of aliphatic hydroxyl groups is 1. The summed E-state index contributed by atoms with van der Waals surface area (Å²) in [6, 6.07) is 0. The highest BCUT2D eigenvalue weighted by Crippen LogP contribution is 2.45. The van der Waals surface area contributed by atoms with Crippen molar-refractivity contribution >= 4 is 39.5 Å². The van der Waals surface area contributed by atoms with Gasteiger partial charge in [-0.15, -0.1) is 0 Å². The lowest BCUT2D eigenvalue weighted by Gasteiger charge is -2.21. The first kappa shape index (κ1) is 86.1. The molecule has 2 unspecified atom stereocenters. The van der Waals surface area contributed by atoms with Gasteiger partial charge in [0, 0.05) is 25.7 Å². The minimum Gasteiger partial charge on any atom is -0.462 e. The van der Waals surface area contributed by atoms with E-state index in [2.05, 4.69) is 41.5 Å². The summed E-state index contributed by atoms with van der Waals surface area (Å²) in [6.45, 7) is 9.38. The molecule has 0 bridgehead atoms. The molecule has 19 heteroatoms. The van der Waals surface area contributed by atoms with Crippen molar-refractivity contribution in [1.29, 1.82) is 0 Å². The van der Waals surface area contributed by atoms with Crippen molar-refractivity contribution in [2.75, 3.05) is 39.6 Å². The van der Waals surface area contributed by atoms with Gasteiger partial charge in [0.2, 0.25) is 0 Å². The summed E-state index contributed by atoms with van der Waals surface area (Å²) in [4.78, 5) is 72.2. The molecule has 0 saturated heterocycles. The molecule has 5 atom stereocenters. The van der Waals surface area contributed by atoms with E-state index >= 15 is 0 Å². The number of phosphoric acid groups is 2. The van der Waals surface area contributed by atoms with Crippen LogP contribution in [0.5, 0.6) is 0 Å². The first-order valence-electron chi connectivity index (χ1n) is 36.0. The van der Waals surface area contributed by atoms with E-state index in [0.717, 1.165) is 102 Å². The van der Waals surface area contributed by atoms with Crippen LogP contribution in [0.4, 0.5) is 0 Å². The summed E-state index contributed by atoms with van der Waals surface area (Å²) in [5.74, 6) is -0.676. The van der Waals surface area contributed by atoms with Crippen molar-refractivity contribution in [2.24, 2.45) is 11.8 Å². The summed E-state index contributed by atoms with van der Waals surface area (Å²) in [6.07, 6.45) is 46.5. The Morgan fingerprint density at radius 3 is 0.773 bits per heavy atom. The van der Waals surface area contributed by atoms with Gasteiger partial charge in [-0.05, 0) is 37.5 Å². The molecule has 17 nitrogen and oxygen atoms in total. The molecule has 0 saturated carbocycles. The maximum absolute atomic E-state index is 13.0. The molecule has 522 valence electrons. The lowest BCUT2D eigenvalue weighted by Crippen LogP contribution is -2.30. The van der Waals surface area contributed by atoms with Crippen molar-refractivity contribution in [1.82, 2.24) is 0 Å². The van der Waals surface area contributed by atoms with E-state index in [9.17, 15) is 43.2 Å². The van der Waals surface area contributed by atoms with Gasteiger partial charge in [0.1, 0.15) is 19.3 Å². The number of hydrogen-bond donors (Lipinski definition) is 3. The number of hydrogen-bond acceptors (Lipinski definition) is 15. The SMILES string of the molecule is CCCCCCCCCCCCCCCCCCCC(=O)OC[C@H](COP(=O)(O)OC[C@@H](O)COP(=O)(O)OC[C@@H](COC(=O)CCCCCCC)OC(=O)CCCCCCCCC(C)C)OC(=O)CCCCCCCCCCCCCCCCC(C)C. The molecule has 0 aromatic rings. The third-order valence-electron chi connectivity index (χ3n) is 16.0. The van der Waals surface area contributed by atoms with Crippen LogP contribution in [0.25, 0.3) is 0 Å². The Kier molecular flexibility index (Phi) is 59.9. The number of esters is 4. The highest BCUT2D eigenvalue weighted by Gasteiger charge is 2.30. The molecule has 0 amide bonds. The molecule has 0 aromatic heterocycles. The summed E-state index contributed by atoms with van der Waals surface area (Å²) in [5.41, 5.74) is 0. The van der Waals surface area contributed by atoms with Crippen LogP contribution < -0.4 is 0 Å². The van der Waals surface area contributed by atoms with E-state index in [4.69, 9.17) is 37.0 Å². The van der Waals surface area contributed by atoms with Crippen LogP contribution in [0.1, 0.15) is 350 Å². The number of ether oxygens (including phenoxy) is 4. The third kappa shape index (κ3) is 62.8. The van der Waals surface area contributed by atoms with E-state index in [-0.39, 0.29) is 25.7 Å². The van der Waals surface area contributed by atoms with Crippen LogP contribution >= 0.6 is 15.6 Å². The number of carbonyl (C=O) groups is 4. The van der Waals surface area contributed by atoms with Crippen molar-refractivity contribution in [3.05, 3.63) is 0 Å². The van der Waals surface area contributed by atoms with Gasteiger partial charge in [-0.1, -0.05) is 298 Å². The van der Waals surface area contributed by atoms with E-state index in [1.807, 2.05) is 0 Å². The third-order valence-corrected chi connectivity index (χ3v) is 17.9. The monoisotopic (exact) mass is 1300 g/mol. The maximum atomic E-state index is 13.0. The number of carbonyl (C=O) groups excluding carboxylic acids is 4. The predicted octanol–water partition coefficient (Wildman–Crippen LogP) is 19.6. The fourth-order valence-corrected chi connectivity index (χ4v) is 12.0. The van der Waals surface area contributed by atoms with Crippen molar-refractivity contribution in [2.45, 2.75) is 368 Å². The maximum Gasteiger partial charge on any atom is 0.472 e. The Hall–Kier alpha value is -1.94. The molecular formula is C69H134O17P2. The smallest absolute Gasteiger partial charge is 0.462 e. The average molecular weight is 1300 g/mol. The summed E-state index contributed by atoms with van der Waals surface area (Å²) < 4.78 is 68.0. The van der Waals surface area contributed by atoms with Crippen molar-refractivity contribution in [3.63, 3.8) is 0 Å². The normalized spacial score (nSPS) is 14.2. The van der Waals surface area contributed by atoms with Gasteiger partial charge >= 0.3 is 39.5 Å². The van der Waals surface area contributed by atoms with Gasteiger partial charge < -0.3 is 33.8 Å². The van der Waals surface area contributed by atoms with Crippen molar-refractivity contribution in [3.8, 4) is 0 Å². The molecule has 0 aliphatic carbocycles. The minimum absolute atomic E-state index is 0.101. The van der Waals surface area contributed by atoms with E-state index in [0.29, 0.717) is 31.6 Å². The molecule has 0 fully saturated rings. The fraction of sp³-hybridized carbons (Fsp3) is 0.942. The second-order valence-electron chi connectivity index (χ2n) is 25.9. The Morgan fingerprint density at radius 1 is 0.307 bits per heavy atom. The van der Waals surface area contributed by atoms with Crippen LogP contribution in [0.3, 0.4) is 0 Å². The zero-order valence-corrected chi connectivity index (χ0v) is 58.8. The summed E-state index contributed by atoms with van der Waals surface area (Å²) in [5, 5.41) is 10.5. The quantitative estimate of drug-likeness (QED) is 0.0222. The van der Waals surface area contributed by atoms with Gasteiger partial charge in [0.05, 0.1) is 26.4 Å². The summed E-state index contributed by atoms with van der Waals surface area (Å²) >= 11 is 0. The molecule has 88 heavy (non-hydrogen) atoms. The topological polar surface area (TPSA) is 237 Å². The summed E-state index contributed by atoms with van der Waals surface area (Å²) in [7, 11) is -9.89. The highest BCUT2D eigenvalue weighted by molar-refractivity contribution is 7.47. The Bertz CT molecular complexity index is 1720. The lowest BCUT2D eigenvalue weighted by molar-refractivity contribution is -0.161. The molecule has 0 aliphatic heterocycles. The molecule has 0 aromatic carbocycles. The van der Waals surface area contributed by atoms with Gasteiger partial charge in [-0.3, -0.25) is 37.3 Å². The van der Waals surface area contributed by atoms with Crippen LogP contribution in [0, 0.1) is 11.8 Å². The van der Waals surface area contributed by atoms with E-state index in [1.54, 1.807) is 0 Å². The van der Waals surface area contributed by atoms with Crippen LogP contribution in [-0.4, -0.2) is 96.7 Å². The second-order valence-corrected chi connectivity index (χ2v) is 28.8. The zero-order chi connectivity index (χ0) is 65.0. The Labute approximate surface area is 537 Å². The van der Waals surface area contributed by atoms with Gasteiger partial charge in [-0.25, -0.2) is 9.13 Å². The largest absolute Gasteiger partial charge is 0.472 e. The van der Waals surface area contributed by atoms with Gasteiger partial charge in [0.15, 0.2) is 12.2 Å². The molecular weight excluding hydrogens is 1160 g/mol. The lowest BCUT2D eigenvalue weighted by atomic mass is 10.0.